The van der Waals surface area contributed by atoms with Gasteiger partial charge in [-0.25, -0.2) is 9.37 Å². The van der Waals surface area contributed by atoms with Crippen molar-refractivity contribution in [1.29, 1.82) is 0 Å². The van der Waals surface area contributed by atoms with Gasteiger partial charge in [0.15, 0.2) is 0 Å². The number of benzene rings is 2. The lowest BCUT2D eigenvalue weighted by Crippen LogP contribution is -1.93. The molecule has 4 heteroatoms. The zero-order valence-electron chi connectivity index (χ0n) is 10.0. The van der Waals surface area contributed by atoms with Gasteiger partial charge in [0, 0.05) is 10.9 Å². The van der Waals surface area contributed by atoms with Crippen molar-refractivity contribution in [2.24, 2.45) is 0 Å². The highest BCUT2D eigenvalue weighted by Gasteiger charge is 2.06. The molecule has 3 rings (SSSR count). The van der Waals surface area contributed by atoms with E-state index in [2.05, 4.69) is 10.3 Å². The number of rotatable bonds is 3. The zero-order valence-corrected chi connectivity index (χ0v) is 10.8. The van der Waals surface area contributed by atoms with Crippen molar-refractivity contribution in [2.75, 3.05) is 5.32 Å². The molecule has 0 atom stereocenters. The van der Waals surface area contributed by atoms with Crippen molar-refractivity contribution in [2.45, 2.75) is 0 Å². The summed E-state index contributed by atoms with van der Waals surface area (Å²) in [7, 11) is 0. The van der Waals surface area contributed by atoms with Gasteiger partial charge in [-0.05, 0) is 12.1 Å². The lowest BCUT2D eigenvalue weighted by Gasteiger charge is -2.03. The van der Waals surface area contributed by atoms with E-state index in [0.717, 1.165) is 10.6 Å². The Morgan fingerprint density at radius 2 is 1.68 bits per heavy atom. The van der Waals surface area contributed by atoms with Crippen LogP contribution in [0.25, 0.3) is 10.6 Å². The molecule has 0 aliphatic rings. The highest BCUT2D eigenvalue weighted by atomic mass is 32.1. The van der Waals surface area contributed by atoms with Gasteiger partial charge in [-0.3, -0.25) is 0 Å². The first kappa shape index (κ1) is 11.9. The monoisotopic (exact) mass is 270 g/mol. The first-order valence-corrected chi connectivity index (χ1v) is 6.73. The number of nitrogens with zero attached hydrogens (tertiary/aromatic N) is 1. The molecule has 0 spiro atoms. The van der Waals surface area contributed by atoms with Crippen molar-refractivity contribution in [3.63, 3.8) is 0 Å². The van der Waals surface area contributed by atoms with Crippen LogP contribution in [-0.4, -0.2) is 4.98 Å². The van der Waals surface area contributed by atoms with Gasteiger partial charge in [-0.15, -0.1) is 11.3 Å². The Balaban J connectivity index is 1.85. The van der Waals surface area contributed by atoms with Gasteiger partial charge >= 0.3 is 0 Å². The summed E-state index contributed by atoms with van der Waals surface area (Å²) in [5.41, 5.74) is 1.50. The van der Waals surface area contributed by atoms with E-state index in [1.165, 1.54) is 17.4 Å². The molecule has 1 heterocycles. The number of anilines is 2. The maximum absolute atomic E-state index is 13.5. The van der Waals surface area contributed by atoms with Crippen LogP contribution in [0.5, 0.6) is 0 Å². The second kappa shape index (κ2) is 5.20. The van der Waals surface area contributed by atoms with Gasteiger partial charge in [-0.2, -0.15) is 0 Å². The minimum absolute atomic E-state index is 0.281. The minimum Gasteiger partial charge on any atom is -0.337 e. The molecule has 1 N–H and O–H groups in total. The molecule has 3 aromatic rings. The van der Waals surface area contributed by atoms with Crippen LogP contribution in [0.15, 0.2) is 60.0 Å². The summed E-state index contributed by atoms with van der Waals surface area (Å²) in [5.74, 6) is 0.380. The summed E-state index contributed by atoms with van der Waals surface area (Å²) >= 11 is 1.53. The largest absolute Gasteiger partial charge is 0.337 e. The maximum Gasteiger partial charge on any atom is 0.146 e. The summed E-state index contributed by atoms with van der Waals surface area (Å²) in [6.07, 6.45) is 0. The summed E-state index contributed by atoms with van der Waals surface area (Å²) in [4.78, 5) is 4.46. The first-order chi connectivity index (χ1) is 9.33. The predicted octanol–water partition coefficient (Wildman–Crippen LogP) is 4.69. The van der Waals surface area contributed by atoms with Crippen LogP contribution in [0, 0.1) is 5.82 Å². The third-order valence-corrected chi connectivity index (χ3v) is 3.55. The molecule has 19 heavy (non-hydrogen) atoms. The smallest absolute Gasteiger partial charge is 0.146 e. The Bertz CT molecular complexity index is 679. The number of hydrogen-bond acceptors (Lipinski definition) is 3. The number of nitrogens with one attached hydrogen (secondary N) is 1. The SMILES string of the molecule is Fc1ccccc1Nc1csc(-c2ccccc2)n1. The number of aromatic nitrogens is 1. The topological polar surface area (TPSA) is 24.9 Å². The highest BCUT2D eigenvalue weighted by molar-refractivity contribution is 7.13. The summed E-state index contributed by atoms with van der Waals surface area (Å²) in [6, 6.07) is 16.5. The summed E-state index contributed by atoms with van der Waals surface area (Å²) in [6.45, 7) is 0. The van der Waals surface area contributed by atoms with Gasteiger partial charge in [0.05, 0.1) is 5.69 Å². The van der Waals surface area contributed by atoms with E-state index >= 15 is 0 Å². The summed E-state index contributed by atoms with van der Waals surface area (Å²) < 4.78 is 13.5. The summed E-state index contributed by atoms with van der Waals surface area (Å²) in [5, 5.41) is 5.79. The molecule has 0 amide bonds. The molecule has 0 aliphatic heterocycles. The fourth-order valence-corrected chi connectivity index (χ4v) is 2.50. The van der Waals surface area contributed by atoms with Crippen molar-refractivity contribution >= 4 is 22.8 Å². The number of thiazole rings is 1. The second-order valence-electron chi connectivity index (χ2n) is 4.01. The first-order valence-electron chi connectivity index (χ1n) is 5.85. The van der Waals surface area contributed by atoms with Crippen molar-refractivity contribution in [3.8, 4) is 10.6 Å². The fraction of sp³-hybridized carbons (Fsp3) is 0. The Kier molecular flexibility index (Phi) is 3.25. The zero-order chi connectivity index (χ0) is 13.1. The highest BCUT2D eigenvalue weighted by Crippen LogP contribution is 2.27. The third-order valence-electron chi connectivity index (χ3n) is 2.66. The van der Waals surface area contributed by atoms with Crippen molar-refractivity contribution < 1.29 is 4.39 Å². The van der Waals surface area contributed by atoms with E-state index < -0.39 is 0 Å². The molecule has 1 aromatic heterocycles. The fourth-order valence-electron chi connectivity index (χ4n) is 1.75. The van der Waals surface area contributed by atoms with Crippen LogP contribution in [0.4, 0.5) is 15.9 Å². The Labute approximate surface area is 114 Å². The van der Waals surface area contributed by atoms with E-state index in [1.807, 2.05) is 35.7 Å². The predicted molar refractivity (Wildman–Crippen MR) is 77.2 cm³/mol. The molecular formula is C15H11FN2S. The standard InChI is InChI=1S/C15H11FN2S/c16-12-8-4-5-9-13(12)17-14-10-19-15(18-14)11-6-2-1-3-7-11/h1-10,17H. The Morgan fingerprint density at radius 1 is 0.947 bits per heavy atom. The molecule has 94 valence electrons. The molecule has 0 radical (unpaired) electrons. The number of para-hydroxylation sites is 1. The van der Waals surface area contributed by atoms with E-state index in [-0.39, 0.29) is 5.82 Å². The second-order valence-corrected chi connectivity index (χ2v) is 4.87. The van der Waals surface area contributed by atoms with Crippen LogP contribution in [-0.2, 0) is 0 Å². The van der Waals surface area contributed by atoms with Crippen LogP contribution in [0.3, 0.4) is 0 Å². The normalized spacial score (nSPS) is 10.4. The average Bonchev–Trinajstić information content (AvgIpc) is 2.91. The molecular weight excluding hydrogens is 259 g/mol. The van der Waals surface area contributed by atoms with E-state index in [1.54, 1.807) is 18.2 Å². The molecule has 0 fully saturated rings. The average molecular weight is 270 g/mol. The minimum atomic E-state index is -0.281. The van der Waals surface area contributed by atoms with Crippen molar-refractivity contribution in [1.82, 2.24) is 4.98 Å². The van der Waals surface area contributed by atoms with E-state index in [4.69, 9.17) is 0 Å². The van der Waals surface area contributed by atoms with Crippen LogP contribution in [0.2, 0.25) is 0 Å². The molecule has 0 saturated carbocycles. The number of hydrogen-bond donors (Lipinski definition) is 1. The Morgan fingerprint density at radius 3 is 2.47 bits per heavy atom. The molecule has 0 bridgehead atoms. The van der Waals surface area contributed by atoms with Gasteiger partial charge in [0.2, 0.25) is 0 Å². The molecule has 0 unspecified atom stereocenters. The molecule has 0 saturated heterocycles. The van der Waals surface area contributed by atoms with Crippen LogP contribution >= 0.6 is 11.3 Å². The maximum atomic E-state index is 13.5. The van der Waals surface area contributed by atoms with E-state index in [0.29, 0.717) is 11.5 Å². The van der Waals surface area contributed by atoms with E-state index in [9.17, 15) is 4.39 Å². The van der Waals surface area contributed by atoms with Crippen LogP contribution < -0.4 is 5.32 Å². The van der Waals surface area contributed by atoms with Gasteiger partial charge < -0.3 is 5.32 Å². The van der Waals surface area contributed by atoms with Crippen LogP contribution in [0.1, 0.15) is 0 Å². The lowest BCUT2D eigenvalue weighted by atomic mass is 10.2. The Hall–Kier alpha value is -2.20. The third kappa shape index (κ3) is 2.63. The molecule has 0 aliphatic carbocycles. The van der Waals surface area contributed by atoms with Gasteiger partial charge in [0.1, 0.15) is 16.6 Å². The van der Waals surface area contributed by atoms with Crippen molar-refractivity contribution in [3.05, 3.63) is 65.8 Å². The molecule has 2 nitrogen and oxygen atoms in total. The lowest BCUT2D eigenvalue weighted by molar-refractivity contribution is 0.632. The van der Waals surface area contributed by atoms with Gasteiger partial charge in [0.25, 0.3) is 0 Å². The number of halogens is 1. The van der Waals surface area contributed by atoms with Gasteiger partial charge in [-0.1, -0.05) is 42.5 Å². The molecule has 2 aromatic carbocycles. The quantitative estimate of drug-likeness (QED) is 0.746.